The van der Waals surface area contributed by atoms with Gasteiger partial charge in [-0.15, -0.1) is 0 Å². The molecule has 1 aliphatic heterocycles. The molecule has 0 radical (unpaired) electrons. The van der Waals surface area contributed by atoms with Crippen LogP contribution < -0.4 is 0 Å². The Bertz CT molecular complexity index is 588. The van der Waals surface area contributed by atoms with Crippen LogP contribution in [0, 0.1) is 17.8 Å². The van der Waals surface area contributed by atoms with Gasteiger partial charge in [0.2, 0.25) is 0 Å². The van der Waals surface area contributed by atoms with Gasteiger partial charge in [0.05, 0.1) is 5.60 Å². The van der Waals surface area contributed by atoms with E-state index in [4.69, 9.17) is 11.6 Å². The van der Waals surface area contributed by atoms with E-state index in [1.807, 2.05) is 12.1 Å². The van der Waals surface area contributed by atoms with E-state index in [9.17, 15) is 5.11 Å². The topological polar surface area (TPSA) is 36.4 Å². The number of halogens is 1. The number of hydrogen-bond donors (Lipinski definition) is 1. The van der Waals surface area contributed by atoms with E-state index in [1.165, 1.54) is 25.7 Å². The van der Waals surface area contributed by atoms with Crippen LogP contribution in [0.2, 0.25) is 5.15 Å². The Morgan fingerprint density at radius 1 is 1.18 bits per heavy atom. The lowest BCUT2D eigenvalue weighted by molar-refractivity contribution is -0.217. The maximum atomic E-state index is 11.6. The molecule has 2 unspecified atom stereocenters. The summed E-state index contributed by atoms with van der Waals surface area (Å²) in [6.45, 7) is 2.11. The molecule has 4 bridgehead atoms. The van der Waals surface area contributed by atoms with E-state index in [-0.39, 0.29) is 0 Å². The SMILES string of the molecule is OC1(c2ccnc(Cl)c2)C2CCCC1CN(C13CC(C1)C3)C2. The summed E-state index contributed by atoms with van der Waals surface area (Å²) in [6.07, 6.45) is 9.47. The lowest BCUT2D eigenvalue weighted by Gasteiger charge is -2.70. The Balaban J connectivity index is 1.49. The first-order valence-electron chi connectivity index (χ1n) is 8.70. The second-order valence-corrected chi connectivity index (χ2v) is 8.51. The highest BCUT2D eigenvalue weighted by molar-refractivity contribution is 6.29. The highest BCUT2D eigenvalue weighted by Gasteiger charge is 2.63. The Kier molecular flexibility index (Phi) is 2.79. The summed E-state index contributed by atoms with van der Waals surface area (Å²) in [5.74, 6) is 1.69. The molecule has 3 nitrogen and oxygen atoms in total. The minimum atomic E-state index is -0.704. The maximum absolute atomic E-state index is 11.6. The van der Waals surface area contributed by atoms with Gasteiger partial charge < -0.3 is 5.11 Å². The average molecular weight is 319 g/mol. The zero-order chi connectivity index (χ0) is 14.9. The largest absolute Gasteiger partial charge is 0.384 e. The molecule has 5 aliphatic rings. The standard InChI is InChI=1S/C18H23ClN2O/c19-16-6-13(4-5-20-16)18(22)14-2-1-3-15(18)11-21(10-14)17-7-12(8-17)9-17/h4-6,12,14-15,22H,1-3,7-11H2. The smallest absolute Gasteiger partial charge is 0.129 e. The van der Waals surface area contributed by atoms with Gasteiger partial charge in [0.25, 0.3) is 0 Å². The van der Waals surface area contributed by atoms with Gasteiger partial charge in [-0.25, -0.2) is 4.98 Å². The van der Waals surface area contributed by atoms with E-state index >= 15 is 0 Å². The molecular formula is C18H23ClN2O. The van der Waals surface area contributed by atoms with E-state index in [2.05, 4.69) is 9.88 Å². The molecule has 0 amide bonds. The second kappa shape index (κ2) is 4.46. The summed E-state index contributed by atoms with van der Waals surface area (Å²) in [5, 5.41) is 12.1. The summed E-state index contributed by atoms with van der Waals surface area (Å²) < 4.78 is 0. The van der Waals surface area contributed by atoms with Crippen molar-refractivity contribution in [2.75, 3.05) is 13.1 Å². The van der Waals surface area contributed by atoms with Crippen molar-refractivity contribution < 1.29 is 5.11 Å². The van der Waals surface area contributed by atoms with Crippen molar-refractivity contribution in [1.29, 1.82) is 0 Å². The zero-order valence-corrected chi connectivity index (χ0v) is 13.6. The summed E-state index contributed by atoms with van der Waals surface area (Å²) >= 11 is 6.09. The Hall–Kier alpha value is -0.640. The average Bonchev–Trinajstić information content (AvgIpc) is 2.36. The Morgan fingerprint density at radius 3 is 2.41 bits per heavy atom. The summed E-state index contributed by atoms with van der Waals surface area (Å²) in [4.78, 5) is 6.82. The van der Waals surface area contributed by atoms with Crippen molar-refractivity contribution >= 4 is 11.6 Å². The van der Waals surface area contributed by atoms with Gasteiger partial charge in [-0.2, -0.15) is 0 Å². The molecule has 2 heterocycles. The van der Waals surface area contributed by atoms with Crippen LogP contribution in [-0.4, -0.2) is 33.6 Å². The van der Waals surface area contributed by atoms with Gasteiger partial charge in [0.1, 0.15) is 5.15 Å². The molecule has 0 spiro atoms. The molecule has 1 aromatic heterocycles. The molecule has 0 aromatic carbocycles. The third-order valence-electron chi connectivity index (χ3n) is 7.10. The summed E-state index contributed by atoms with van der Waals surface area (Å²) in [7, 11) is 0. The molecule has 1 N–H and O–H groups in total. The monoisotopic (exact) mass is 318 g/mol. The van der Waals surface area contributed by atoms with E-state index in [1.54, 1.807) is 6.20 Å². The van der Waals surface area contributed by atoms with Crippen LogP contribution in [0.25, 0.3) is 0 Å². The van der Waals surface area contributed by atoms with Crippen molar-refractivity contribution in [3.63, 3.8) is 0 Å². The first-order valence-corrected chi connectivity index (χ1v) is 9.07. The van der Waals surface area contributed by atoms with Gasteiger partial charge in [-0.1, -0.05) is 18.0 Å². The normalized spacial score (nSPS) is 46.7. The molecule has 5 fully saturated rings. The lowest BCUT2D eigenvalue weighted by atomic mass is 9.48. The van der Waals surface area contributed by atoms with Gasteiger partial charge in [-0.05, 0) is 55.7 Å². The van der Waals surface area contributed by atoms with Gasteiger partial charge >= 0.3 is 0 Å². The lowest BCUT2D eigenvalue weighted by Crippen LogP contribution is -2.73. The van der Waals surface area contributed by atoms with Crippen molar-refractivity contribution in [2.24, 2.45) is 17.8 Å². The van der Waals surface area contributed by atoms with Crippen LogP contribution in [-0.2, 0) is 5.60 Å². The van der Waals surface area contributed by atoms with E-state index < -0.39 is 5.60 Å². The van der Waals surface area contributed by atoms with Crippen LogP contribution in [0.15, 0.2) is 18.3 Å². The Morgan fingerprint density at radius 2 is 1.86 bits per heavy atom. The predicted octanol–water partition coefficient (Wildman–Crippen LogP) is 3.21. The molecule has 4 aliphatic carbocycles. The second-order valence-electron chi connectivity index (χ2n) is 8.13. The molecule has 118 valence electrons. The number of nitrogens with zero attached hydrogens (tertiary/aromatic N) is 2. The quantitative estimate of drug-likeness (QED) is 0.851. The minimum Gasteiger partial charge on any atom is -0.384 e. The van der Waals surface area contributed by atoms with Gasteiger partial charge in [0, 0.05) is 36.7 Å². The van der Waals surface area contributed by atoms with Crippen molar-refractivity contribution in [2.45, 2.75) is 49.7 Å². The number of likely N-dealkylation sites (tertiary alicyclic amines) is 1. The van der Waals surface area contributed by atoms with E-state index in [0.717, 1.165) is 37.4 Å². The number of rotatable bonds is 2. The fourth-order valence-electron chi connectivity index (χ4n) is 5.78. The zero-order valence-electron chi connectivity index (χ0n) is 12.8. The highest BCUT2D eigenvalue weighted by Crippen LogP contribution is 2.63. The van der Waals surface area contributed by atoms with Crippen LogP contribution in [0.5, 0.6) is 0 Å². The highest BCUT2D eigenvalue weighted by atomic mass is 35.5. The predicted molar refractivity (Wildman–Crippen MR) is 85.6 cm³/mol. The van der Waals surface area contributed by atoms with Crippen LogP contribution >= 0.6 is 11.6 Å². The molecular weight excluding hydrogens is 296 g/mol. The molecule has 1 aromatic rings. The Labute approximate surface area is 136 Å². The molecule has 4 heteroatoms. The van der Waals surface area contributed by atoms with Crippen molar-refractivity contribution in [3.8, 4) is 0 Å². The maximum Gasteiger partial charge on any atom is 0.129 e. The summed E-state index contributed by atoms with van der Waals surface area (Å²) in [6, 6.07) is 3.84. The van der Waals surface area contributed by atoms with Crippen LogP contribution in [0.4, 0.5) is 0 Å². The molecule has 2 atom stereocenters. The van der Waals surface area contributed by atoms with Crippen molar-refractivity contribution in [1.82, 2.24) is 9.88 Å². The number of aromatic nitrogens is 1. The number of aliphatic hydroxyl groups is 1. The first kappa shape index (κ1) is 13.8. The third kappa shape index (κ3) is 1.68. The minimum absolute atomic E-state index is 0.340. The molecule has 1 saturated heterocycles. The third-order valence-corrected chi connectivity index (χ3v) is 7.30. The number of hydrogen-bond acceptors (Lipinski definition) is 3. The fraction of sp³-hybridized carbons (Fsp3) is 0.722. The van der Waals surface area contributed by atoms with Crippen molar-refractivity contribution in [3.05, 3.63) is 29.0 Å². The molecule has 22 heavy (non-hydrogen) atoms. The van der Waals surface area contributed by atoms with Crippen LogP contribution in [0.3, 0.4) is 0 Å². The number of piperidine rings is 1. The van der Waals surface area contributed by atoms with E-state index in [0.29, 0.717) is 22.5 Å². The summed E-state index contributed by atoms with van der Waals surface area (Å²) in [5.41, 5.74) is 0.806. The number of pyridine rings is 1. The van der Waals surface area contributed by atoms with Gasteiger partial charge in [-0.3, -0.25) is 4.90 Å². The van der Waals surface area contributed by atoms with Crippen LogP contribution in [0.1, 0.15) is 44.1 Å². The first-order chi connectivity index (χ1) is 10.6. The molecule has 6 rings (SSSR count). The fourth-order valence-corrected chi connectivity index (χ4v) is 5.96. The molecule has 4 saturated carbocycles. The number of fused-ring (bicyclic) bond motifs is 2. The van der Waals surface area contributed by atoms with Gasteiger partial charge in [0.15, 0.2) is 0 Å².